The molecule has 1 amide bonds. The molecule has 0 heterocycles. The van der Waals surface area contributed by atoms with E-state index in [9.17, 15) is 9.59 Å². The molecule has 1 N–H and O–H groups in total. The summed E-state index contributed by atoms with van der Waals surface area (Å²) in [5.41, 5.74) is 0. The Morgan fingerprint density at radius 1 is 0.950 bits per heavy atom. The average Bonchev–Trinajstić information content (AvgIpc) is 2.37. The first-order valence-corrected chi connectivity index (χ1v) is 8.00. The van der Waals surface area contributed by atoms with Gasteiger partial charge in [-0.2, -0.15) is 0 Å². The largest absolute Gasteiger partial charge is 0.481 e. The minimum absolute atomic E-state index is 0.0287. The molecular formula is C16H31NO3. The molecule has 0 rings (SSSR count). The number of aliphatic carboxylic acids is 1. The van der Waals surface area contributed by atoms with E-state index in [4.69, 9.17) is 5.11 Å². The van der Waals surface area contributed by atoms with Crippen LogP contribution in [-0.2, 0) is 9.59 Å². The van der Waals surface area contributed by atoms with E-state index in [1.807, 2.05) is 13.8 Å². The fourth-order valence-corrected chi connectivity index (χ4v) is 2.26. The lowest BCUT2D eigenvalue weighted by Crippen LogP contribution is -2.38. The molecule has 4 heteroatoms. The van der Waals surface area contributed by atoms with E-state index < -0.39 is 5.97 Å². The van der Waals surface area contributed by atoms with E-state index in [1.165, 1.54) is 32.1 Å². The third-order valence-corrected chi connectivity index (χ3v) is 3.50. The van der Waals surface area contributed by atoms with E-state index in [0.29, 0.717) is 13.0 Å². The van der Waals surface area contributed by atoms with Gasteiger partial charge in [0.15, 0.2) is 0 Å². The Morgan fingerprint density at radius 3 is 2.00 bits per heavy atom. The minimum atomic E-state index is -0.848. The highest BCUT2D eigenvalue weighted by Crippen LogP contribution is 2.11. The van der Waals surface area contributed by atoms with E-state index in [0.717, 1.165) is 12.8 Å². The van der Waals surface area contributed by atoms with Gasteiger partial charge in [0.05, 0.1) is 6.42 Å². The molecule has 0 unspecified atom stereocenters. The normalized spacial score (nSPS) is 10.8. The Morgan fingerprint density at radius 2 is 1.50 bits per heavy atom. The number of carboxylic acids is 1. The minimum Gasteiger partial charge on any atom is -0.481 e. The molecule has 0 bridgehead atoms. The van der Waals surface area contributed by atoms with Crippen LogP contribution in [0.1, 0.15) is 78.6 Å². The molecule has 0 aliphatic heterocycles. The number of unbranched alkanes of at least 4 members (excludes halogenated alkanes) is 6. The van der Waals surface area contributed by atoms with Crippen molar-refractivity contribution in [2.75, 3.05) is 6.54 Å². The fraction of sp³-hybridized carbons (Fsp3) is 0.875. The summed E-state index contributed by atoms with van der Waals surface area (Å²) in [4.78, 5) is 24.3. The van der Waals surface area contributed by atoms with Gasteiger partial charge < -0.3 is 10.0 Å². The van der Waals surface area contributed by atoms with Crippen LogP contribution in [-0.4, -0.2) is 34.5 Å². The number of nitrogens with zero attached hydrogens (tertiary/aromatic N) is 1. The molecule has 0 spiro atoms. The van der Waals surface area contributed by atoms with Gasteiger partial charge >= 0.3 is 5.97 Å². The maximum absolute atomic E-state index is 12.1. The zero-order valence-corrected chi connectivity index (χ0v) is 13.4. The van der Waals surface area contributed by atoms with Gasteiger partial charge in [-0.1, -0.05) is 45.4 Å². The molecule has 4 nitrogen and oxygen atoms in total. The predicted molar refractivity (Wildman–Crippen MR) is 81.7 cm³/mol. The molecule has 0 aromatic rings. The van der Waals surface area contributed by atoms with Gasteiger partial charge in [-0.15, -0.1) is 0 Å². The van der Waals surface area contributed by atoms with Gasteiger partial charge in [0.25, 0.3) is 0 Å². The van der Waals surface area contributed by atoms with Gasteiger partial charge in [-0.05, 0) is 20.3 Å². The van der Waals surface area contributed by atoms with Crippen LogP contribution in [0.4, 0.5) is 0 Å². The van der Waals surface area contributed by atoms with Crippen LogP contribution < -0.4 is 0 Å². The van der Waals surface area contributed by atoms with Crippen molar-refractivity contribution in [2.45, 2.75) is 84.6 Å². The summed E-state index contributed by atoms with van der Waals surface area (Å²) in [6, 6.07) is 0.0754. The van der Waals surface area contributed by atoms with E-state index in [2.05, 4.69) is 6.92 Å². The van der Waals surface area contributed by atoms with Gasteiger partial charge in [0.1, 0.15) is 0 Å². The lowest BCUT2D eigenvalue weighted by Gasteiger charge is -2.26. The number of rotatable bonds is 12. The average molecular weight is 285 g/mol. The van der Waals surface area contributed by atoms with Gasteiger partial charge in [-0.25, -0.2) is 0 Å². The van der Waals surface area contributed by atoms with Crippen LogP contribution >= 0.6 is 0 Å². The number of carbonyl (C=O) groups is 2. The second-order valence-electron chi connectivity index (χ2n) is 5.70. The number of hydrogen-bond donors (Lipinski definition) is 1. The molecule has 0 saturated carbocycles. The second kappa shape index (κ2) is 11.7. The first kappa shape index (κ1) is 18.9. The van der Waals surface area contributed by atoms with Gasteiger partial charge in [0, 0.05) is 19.0 Å². The third-order valence-electron chi connectivity index (χ3n) is 3.50. The molecule has 0 aromatic heterocycles. The summed E-state index contributed by atoms with van der Waals surface area (Å²) in [6.45, 7) is 6.40. The molecule has 118 valence electrons. The van der Waals surface area contributed by atoms with Crippen molar-refractivity contribution in [1.82, 2.24) is 4.90 Å². The van der Waals surface area contributed by atoms with Crippen molar-refractivity contribution in [2.24, 2.45) is 0 Å². The molecule has 0 aliphatic rings. The number of carboxylic acid groups (broad SMARTS) is 1. The van der Waals surface area contributed by atoms with Crippen molar-refractivity contribution < 1.29 is 14.7 Å². The third kappa shape index (κ3) is 9.82. The van der Waals surface area contributed by atoms with Crippen LogP contribution in [0.15, 0.2) is 0 Å². The Balaban J connectivity index is 3.81. The Kier molecular flexibility index (Phi) is 11.1. The first-order chi connectivity index (χ1) is 9.49. The Hall–Kier alpha value is -1.06. The maximum atomic E-state index is 12.1. The highest BCUT2D eigenvalue weighted by atomic mass is 16.4. The Bertz CT molecular complexity index is 277. The van der Waals surface area contributed by atoms with Gasteiger partial charge in [0.2, 0.25) is 5.91 Å². The highest BCUT2D eigenvalue weighted by molar-refractivity contribution is 5.77. The van der Waals surface area contributed by atoms with Crippen LogP contribution in [0, 0.1) is 0 Å². The van der Waals surface area contributed by atoms with Crippen LogP contribution in [0.2, 0.25) is 0 Å². The summed E-state index contributed by atoms with van der Waals surface area (Å²) in [6.07, 6.45) is 8.90. The van der Waals surface area contributed by atoms with Crippen LogP contribution in [0.3, 0.4) is 0 Å². The standard InChI is InChI=1S/C16H31NO3/c1-4-5-6-7-8-9-10-11-15(18)17(14(2)3)13-12-16(19)20/h14H,4-13H2,1-3H3,(H,19,20). The predicted octanol–water partition coefficient (Wildman–Crippen LogP) is 3.84. The van der Waals surface area contributed by atoms with E-state index in [-0.39, 0.29) is 18.4 Å². The molecule has 0 fully saturated rings. The van der Waals surface area contributed by atoms with Crippen molar-refractivity contribution >= 4 is 11.9 Å². The molecule has 0 saturated heterocycles. The van der Waals surface area contributed by atoms with Crippen LogP contribution in [0.5, 0.6) is 0 Å². The van der Waals surface area contributed by atoms with Crippen LogP contribution in [0.25, 0.3) is 0 Å². The first-order valence-electron chi connectivity index (χ1n) is 8.00. The lowest BCUT2D eigenvalue weighted by molar-refractivity contribution is -0.139. The SMILES string of the molecule is CCCCCCCCCC(=O)N(CCC(=O)O)C(C)C. The summed E-state index contributed by atoms with van der Waals surface area (Å²) >= 11 is 0. The molecule has 0 radical (unpaired) electrons. The quantitative estimate of drug-likeness (QED) is 0.554. The molecule has 0 aliphatic carbocycles. The zero-order chi connectivity index (χ0) is 15.4. The summed E-state index contributed by atoms with van der Waals surface area (Å²) in [7, 11) is 0. The molecule has 0 atom stereocenters. The lowest BCUT2D eigenvalue weighted by atomic mass is 10.1. The Labute approximate surface area is 123 Å². The maximum Gasteiger partial charge on any atom is 0.305 e. The summed E-state index contributed by atoms with van der Waals surface area (Å²) in [5.74, 6) is -0.755. The second-order valence-corrected chi connectivity index (χ2v) is 5.70. The van der Waals surface area contributed by atoms with E-state index in [1.54, 1.807) is 4.90 Å². The number of carbonyl (C=O) groups excluding carboxylic acids is 1. The topological polar surface area (TPSA) is 57.6 Å². The number of amides is 1. The highest BCUT2D eigenvalue weighted by Gasteiger charge is 2.17. The summed E-state index contributed by atoms with van der Waals surface area (Å²) in [5, 5.41) is 8.70. The monoisotopic (exact) mass is 285 g/mol. The van der Waals surface area contributed by atoms with Crippen molar-refractivity contribution in [3.8, 4) is 0 Å². The van der Waals surface area contributed by atoms with Gasteiger partial charge in [-0.3, -0.25) is 9.59 Å². The smallest absolute Gasteiger partial charge is 0.305 e. The molecular weight excluding hydrogens is 254 g/mol. The zero-order valence-electron chi connectivity index (χ0n) is 13.4. The summed E-state index contributed by atoms with van der Waals surface area (Å²) < 4.78 is 0. The van der Waals surface area contributed by atoms with Crippen molar-refractivity contribution in [1.29, 1.82) is 0 Å². The number of hydrogen-bond acceptors (Lipinski definition) is 2. The molecule has 0 aromatic carbocycles. The van der Waals surface area contributed by atoms with Crippen molar-refractivity contribution in [3.05, 3.63) is 0 Å². The fourth-order valence-electron chi connectivity index (χ4n) is 2.26. The van der Waals surface area contributed by atoms with E-state index >= 15 is 0 Å². The van der Waals surface area contributed by atoms with Crippen molar-refractivity contribution in [3.63, 3.8) is 0 Å². The molecule has 20 heavy (non-hydrogen) atoms.